The standard InChI is InChI=1S/C13H18N4O2/c14-12(17-19)11(9-5-2-1-3-6-9)16-13(18)15-10-7-4-8-10/h1-3,5-6,10-11,19H,4,7-8H2,(H2,14,17)(H2,15,16,18). The van der Waals surface area contributed by atoms with Crippen LogP contribution in [0.2, 0.25) is 0 Å². The molecule has 0 radical (unpaired) electrons. The van der Waals surface area contributed by atoms with Crippen molar-refractivity contribution in [2.45, 2.75) is 31.3 Å². The Hall–Kier alpha value is -2.24. The number of hydrogen-bond acceptors (Lipinski definition) is 3. The van der Waals surface area contributed by atoms with Gasteiger partial charge in [-0.1, -0.05) is 35.5 Å². The lowest BCUT2D eigenvalue weighted by Crippen LogP contribution is -2.48. The number of nitrogens with zero attached hydrogens (tertiary/aromatic N) is 1. The number of nitrogens with one attached hydrogen (secondary N) is 2. The van der Waals surface area contributed by atoms with E-state index >= 15 is 0 Å². The lowest BCUT2D eigenvalue weighted by molar-refractivity contribution is 0.226. The molecule has 6 nitrogen and oxygen atoms in total. The average Bonchev–Trinajstić information content (AvgIpc) is 2.40. The molecule has 1 aliphatic rings. The normalized spacial score (nSPS) is 17.4. The number of urea groups is 1. The fourth-order valence-corrected chi connectivity index (χ4v) is 1.94. The van der Waals surface area contributed by atoms with Gasteiger partial charge in [-0.15, -0.1) is 0 Å². The highest BCUT2D eigenvalue weighted by Crippen LogP contribution is 2.18. The molecule has 102 valence electrons. The fraction of sp³-hybridized carbons (Fsp3) is 0.385. The third-order valence-corrected chi connectivity index (χ3v) is 3.26. The molecule has 5 N–H and O–H groups in total. The van der Waals surface area contributed by atoms with Crippen molar-refractivity contribution >= 4 is 11.9 Å². The van der Waals surface area contributed by atoms with E-state index in [0.717, 1.165) is 24.8 Å². The number of amides is 2. The number of carbonyl (C=O) groups is 1. The van der Waals surface area contributed by atoms with Crippen LogP contribution in [0.25, 0.3) is 0 Å². The molecule has 6 heteroatoms. The summed E-state index contributed by atoms with van der Waals surface area (Å²) in [6, 6.07) is 8.46. The number of oxime groups is 1. The van der Waals surface area contributed by atoms with Crippen LogP contribution >= 0.6 is 0 Å². The van der Waals surface area contributed by atoms with Crippen LogP contribution < -0.4 is 16.4 Å². The van der Waals surface area contributed by atoms with E-state index in [-0.39, 0.29) is 17.9 Å². The molecular weight excluding hydrogens is 244 g/mol. The molecule has 2 amide bonds. The first-order chi connectivity index (χ1) is 9.20. The monoisotopic (exact) mass is 262 g/mol. The maximum atomic E-state index is 11.8. The fourth-order valence-electron chi connectivity index (χ4n) is 1.94. The molecular formula is C13H18N4O2. The number of amidine groups is 1. The van der Waals surface area contributed by atoms with Crippen molar-refractivity contribution in [1.29, 1.82) is 0 Å². The second-order valence-corrected chi connectivity index (χ2v) is 4.61. The Labute approximate surface area is 111 Å². The van der Waals surface area contributed by atoms with Crippen LogP contribution in [0.5, 0.6) is 0 Å². The van der Waals surface area contributed by atoms with E-state index < -0.39 is 6.04 Å². The maximum Gasteiger partial charge on any atom is 0.315 e. The molecule has 1 unspecified atom stereocenters. The summed E-state index contributed by atoms with van der Waals surface area (Å²) in [7, 11) is 0. The van der Waals surface area contributed by atoms with E-state index in [1.807, 2.05) is 30.3 Å². The van der Waals surface area contributed by atoms with Gasteiger partial charge in [0.15, 0.2) is 5.84 Å². The molecule has 2 rings (SSSR count). The zero-order valence-electron chi connectivity index (χ0n) is 10.5. The lowest BCUT2D eigenvalue weighted by atomic mass is 9.93. The molecule has 1 fully saturated rings. The topological polar surface area (TPSA) is 99.7 Å². The van der Waals surface area contributed by atoms with Gasteiger partial charge >= 0.3 is 6.03 Å². The summed E-state index contributed by atoms with van der Waals surface area (Å²) in [5.41, 5.74) is 6.40. The van der Waals surface area contributed by atoms with Gasteiger partial charge in [-0.05, 0) is 24.8 Å². The van der Waals surface area contributed by atoms with Crippen molar-refractivity contribution < 1.29 is 10.0 Å². The smallest absolute Gasteiger partial charge is 0.315 e. The Morgan fingerprint density at radius 2 is 2.05 bits per heavy atom. The minimum absolute atomic E-state index is 0.0463. The predicted molar refractivity (Wildman–Crippen MR) is 71.9 cm³/mol. The third-order valence-electron chi connectivity index (χ3n) is 3.26. The van der Waals surface area contributed by atoms with E-state index in [1.54, 1.807) is 0 Å². The first-order valence-electron chi connectivity index (χ1n) is 6.30. The van der Waals surface area contributed by atoms with E-state index in [2.05, 4.69) is 15.8 Å². The highest BCUT2D eigenvalue weighted by molar-refractivity contribution is 5.90. The second-order valence-electron chi connectivity index (χ2n) is 4.61. The van der Waals surface area contributed by atoms with Crippen molar-refractivity contribution in [3.8, 4) is 0 Å². The SMILES string of the molecule is N/C(=N/O)C(NC(=O)NC1CCC1)c1ccccc1. The van der Waals surface area contributed by atoms with Crippen molar-refractivity contribution in [3.05, 3.63) is 35.9 Å². The summed E-state index contributed by atoms with van der Waals surface area (Å²) in [6.45, 7) is 0. The minimum atomic E-state index is -0.633. The Morgan fingerprint density at radius 3 is 2.58 bits per heavy atom. The number of nitrogens with two attached hydrogens (primary N) is 1. The second kappa shape index (κ2) is 6.08. The maximum absolute atomic E-state index is 11.8. The summed E-state index contributed by atoms with van der Waals surface area (Å²) >= 11 is 0. The first kappa shape index (κ1) is 13.2. The van der Waals surface area contributed by atoms with Crippen LogP contribution in [-0.4, -0.2) is 23.1 Å². The number of carbonyl (C=O) groups excluding carboxylic acids is 1. The molecule has 1 aromatic carbocycles. The third kappa shape index (κ3) is 3.37. The van der Waals surface area contributed by atoms with Crippen molar-refractivity contribution in [1.82, 2.24) is 10.6 Å². The lowest BCUT2D eigenvalue weighted by Gasteiger charge is -2.27. The molecule has 0 saturated heterocycles. The summed E-state index contributed by atoms with van der Waals surface area (Å²) in [4.78, 5) is 11.8. The molecule has 1 aromatic rings. The zero-order valence-corrected chi connectivity index (χ0v) is 10.5. The molecule has 0 aliphatic heterocycles. The van der Waals surface area contributed by atoms with Crippen molar-refractivity contribution in [2.75, 3.05) is 0 Å². The molecule has 1 saturated carbocycles. The molecule has 19 heavy (non-hydrogen) atoms. The van der Waals surface area contributed by atoms with E-state index in [9.17, 15) is 4.79 Å². The highest BCUT2D eigenvalue weighted by atomic mass is 16.4. The molecule has 0 aromatic heterocycles. The van der Waals surface area contributed by atoms with Gasteiger partial charge < -0.3 is 21.6 Å². The van der Waals surface area contributed by atoms with Gasteiger partial charge in [-0.2, -0.15) is 0 Å². The molecule has 0 heterocycles. The highest BCUT2D eigenvalue weighted by Gasteiger charge is 2.23. The molecule has 0 spiro atoms. The Bertz CT molecular complexity index is 457. The summed E-state index contributed by atoms with van der Waals surface area (Å²) in [5, 5.41) is 17.4. The number of hydrogen-bond donors (Lipinski definition) is 4. The van der Waals surface area contributed by atoms with Crippen LogP contribution in [0.3, 0.4) is 0 Å². The van der Waals surface area contributed by atoms with Crippen LogP contribution in [0.4, 0.5) is 4.79 Å². The van der Waals surface area contributed by atoms with Gasteiger partial charge in [0.1, 0.15) is 6.04 Å². The van der Waals surface area contributed by atoms with Gasteiger partial charge in [0.2, 0.25) is 0 Å². The Morgan fingerprint density at radius 1 is 1.37 bits per heavy atom. The van der Waals surface area contributed by atoms with Gasteiger partial charge in [0, 0.05) is 6.04 Å². The quantitative estimate of drug-likeness (QED) is 0.285. The molecule has 1 aliphatic carbocycles. The van der Waals surface area contributed by atoms with Crippen LogP contribution in [-0.2, 0) is 0 Å². The Kier molecular flexibility index (Phi) is 4.22. The van der Waals surface area contributed by atoms with Gasteiger partial charge in [0.05, 0.1) is 0 Å². The number of rotatable bonds is 4. The van der Waals surface area contributed by atoms with Crippen LogP contribution in [0, 0.1) is 0 Å². The first-order valence-corrected chi connectivity index (χ1v) is 6.30. The summed E-state index contributed by atoms with van der Waals surface area (Å²) in [5.74, 6) is -0.0463. The summed E-state index contributed by atoms with van der Waals surface area (Å²) in [6.07, 6.45) is 3.16. The average molecular weight is 262 g/mol. The largest absolute Gasteiger partial charge is 0.409 e. The van der Waals surface area contributed by atoms with Crippen LogP contribution in [0.15, 0.2) is 35.5 Å². The van der Waals surface area contributed by atoms with Gasteiger partial charge in [0.25, 0.3) is 0 Å². The van der Waals surface area contributed by atoms with E-state index in [1.165, 1.54) is 0 Å². The molecule has 1 atom stereocenters. The van der Waals surface area contributed by atoms with E-state index in [4.69, 9.17) is 10.9 Å². The zero-order chi connectivity index (χ0) is 13.7. The van der Waals surface area contributed by atoms with Gasteiger partial charge in [-0.25, -0.2) is 4.79 Å². The predicted octanol–water partition coefficient (Wildman–Crippen LogP) is 1.33. The van der Waals surface area contributed by atoms with E-state index in [0.29, 0.717) is 0 Å². The number of benzene rings is 1. The van der Waals surface area contributed by atoms with Crippen LogP contribution in [0.1, 0.15) is 30.9 Å². The van der Waals surface area contributed by atoms with Crippen molar-refractivity contribution in [2.24, 2.45) is 10.9 Å². The minimum Gasteiger partial charge on any atom is -0.409 e. The Balaban J connectivity index is 2.03. The molecule has 0 bridgehead atoms. The van der Waals surface area contributed by atoms with Gasteiger partial charge in [-0.3, -0.25) is 0 Å². The van der Waals surface area contributed by atoms with Crippen molar-refractivity contribution in [3.63, 3.8) is 0 Å². The summed E-state index contributed by atoms with van der Waals surface area (Å²) < 4.78 is 0.